The highest BCUT2D eigenvalue weighted by atomic mass is 16.5. The fourth-order valence-electron chi connectivity index (χ4n) is 9.00. The summed E-state index contributed by atoms with van der Waals surface area (Å²) in [5, 5.41) is 12.6. The van der Waals surface area contributed by atoms with Gasteiger partial charge in [-0.25, -0.2) is 0 Å². The molecule has 0 aliphatic carbocycles. The van der Waals surface area contributed by atoms with Crippen molar-refractivity contribution in [3.05, 3.63) is 72.9 Å². The predicted octanol–water partition coefficient (Wildman–Crippen LogP) is 19.6. The second-order valence-electron chi connectivity index (χ2n) is 20.6. The number of aliphatic hydroxyl groups is 1. The molecule has 69 heavy (non-hydrogen) atoms. The summed E-state index contributed by atoms with van der Waals surface area (Å²) in [4.78, 5) is 14.8. The Morgan fingerprint density at radius 2 is 0.768 bits per heavy atom. The molecule has 0 saturated carbocycles. The van der Waals surface area contributed by atoms with E-state index in [0.29, 0.717) is 26.1 Å². The minimum Gasteiger partial charge on any atom is -0.466 e. The number of allylic oxidation sites excluding steroid dienone is 12. The van der Waals surface area contributed by atoms with Crippen molar-refractivity contribution in [1.82, 2.24) is 4.90 Å². The van der Waals surface area contributed by atoms with Crippen LogP contribution in [0.5, 0.6) is 0 Å². The van der Waals surface area contributed by atoms with Gasteiger partial charge in [-0.05, 0) is 143 Å². The van der Waals surface area contributed by atoms with E-state index >= 15 is 0 Å². The molecule has 0 rings (SSSR count). The summed E-state index contributed by atoms with van der Waals surface area (Å²) in [7, 11) is 4.07. The van der Waals surface area contributed by atoms with Gasteiger partial charge in [0, 0.05) is 19.4 Å². The number of esters is 1. The van der Waals surface area contributed by atoms with E-state index in [2.05, 4.69) is 98.6 Å². The van der Waals surface area contributed by atoms with Crippen LogP contribution in [0.25, 0.3) is 0 Å². The molecule has 0 aromatic heterocycles. The molecule has 1 unspecified atom stereocenters. The zero-order valence-corrected chi connectivity index (χ0v) is 46.7. The molecule has 0 saturated heterocycles. The molecule has 402 valence electrons. The third-order valence-corrected chi connectivity index (χ3v) is 13.5. The first-order valence-electron chi connectivity index (χ1n) is 29.9. The molecular weight excluding hydrogens is 847 g/mol. The summed E-state index contributed by atoms with van der Waals surface area (Å²) in [5.74, 6) is -0.139. The highest BCUT2D eigenvalue weighted by Crippen LogP contribution is 2.31. The van der Waals surface area contributed by atoms with Crippen LogP contribution in [0.15, 0.2) is 72.9 Å². The predicted molar refractivity (Wildman–Crippen MR) is 305 cm³/mol. The van der Waals surface area contributed by atoms with Crippen LogP contribution in [0.3, 0.4) is 0 Å². The van der Waals surface area contributed by atoms with Crippen molar-refractivity contribution in [2.24, 2.45) is 0 Å². The number of unbranched alkanes of at least 4 members (excludes halogenated alkanes) is 27. The second-order valence-corrected chi connectivity index (χ2v) is 20.6. The van der Waals surface area contributed by atoms with Crippen molar-refractivity contribution < 1.29 is 19.4 Å². The number of hydrogen-bond donors (Lipinski definition) is 1. The van der Waals surface area contributed by atoms with Crippen LogP contribution in [-0.4, -0.2) is 61.5 Å². The lowest BCUT2D eigenvalue weighted by Gasteiger charge is -2.37. The third-order valence-electron chi connectivity index (χ3n) is 13.5. The lowest BCUT2D eigenvalue weighted by atomic mass is 9.83. The molecule has 0 bridgehead atoms. The van der Waals surface area contributed by atoms with Crippen LogP contribution in [0.1, 0.15) is 284 Å². The standard InChI is InChI=1S/C64H117NO4/c1-6-9-12-15-18-21-24-27-30-33-36-39-42-45-48-51-57-64(67,58-52-49-46-43-40-37-34-31-28-25-22-19-16-13-10-7-2)62(56-61-69-63(66)55-54-59-65(4)5)68-60-53-50-47-44-41-38-35-32-29-26-23-20-17-14-11-8-3/h18-23,27-32,62,67H,6-17,24-26,33-61H2,1-5H3/b21-18+,22-19+,23-20+,30-27+,31-28+,32-29+. The summed E-state index contributed by atoms with van der Waals surface area (Å²) in [6, 6.07) is 0. The summed E-state index contributed by atoms with van der Waals surface area (Å²) in [6.45, 7) is 8.63. The minimum absolute atomic E-state index is 0.139. The van der Waals surface area contributed by atoms with E-state index in [1.165, 1.54) is 173 Å². The zero-order valence-electron chi connectivity index (χ0n) is 46.7. The number of hydrogen-bond acceptors (Lipinski definition) is 5. The lowest BCUT2D eigenvalue weighted by molar-refractivity contribution is -0.150. The zero-order chi connectivity index (χ0) is 50.2. The van der Waals surface area contributed by atoms with Crippen molar-refractivity contribution in [3.63, 3.8) is 0 Å². The number of nitrogens with zero attached hydrogens (tertiary/aromatic N) is 1. The molecule has 0 heterocycles. The van der Waals surface area contributed by atoms with E-state index in [4.69, 9.17) is 9.47 Å². The average Bonchev–Trinajstić information content (AvgIpc) is 3.34. The molecule has 0 fully saturated rings. The average molecular weight is 965 g/mol. The van der Waals surface area contributed by atoms with Crippen molar-refractivity contribution in [3.8, 4) is 0 Å². The van der Waals surface area contributed by atoms with Crippen molar-refractivity contribution in [2.45, 2.75) is 296 Å². The molecule has 1 atom stereocenters. The number of carbonyl (C=O) groups is 1. The first-order valence-corrected chi connectivity index (χ1v) is 29.9. The monoisotopic (exact) mass is 964 g/mol. The molecule has 0 spiro atoms. The summed E-state index contributed by atoms with van der Waals surface area (Å²) in [5.41, 5.74) is -0.903. The highest BCUT2D eigenvalue weighted by Gasteiger charge is 2.36. The van der Waals surface area contributed by atoms with E-state index in [1.807, 2.05) is 14.1 Å². The highest BCUT2D eigenvalue weighted by molar-refractivity contribution is 5.69. The van der Waals surface area contributed by atoms with Gasteiger partial charge in [0.05, 0.1) is 18.3 Å². The maximum Gasteiger partial charge on any atom is 0.305 e. The molecule has 1 N–H and O–H groups in total. The van der Waals surface area contributed by atoms with Gasteiger partial charge in [0.2, 0.25) is 0 Å². The SMILES string of the molecule is CCCCC/C=C/C/C=C/CCCCCCCCOC(CCOC(=O)CCCN(C)C)C(O)(CCCCCCCC/C=C/C/C=C/CCCCC)CCCCCCCC/C=C/C/C=C/CCCCC. The van der Waals surface area contributed by atoms with Gasteiger partial charge in [-0.15, -0.1) is 0 Å². The number of rotatable bonds is 54. The normalized spacial score (nSPS) is 13.1. The van der Waals surface area contributed by atoms with Crippen LogP contribution in [0.2, 0.25) is 0 Å². The molecular formula is C64H117NO4. The maximum absolute atomic E-state index is 12.7. The van der Waals surface area contributed by atoms with Gasteiger partial charge < -0.3 is 19.5 Å². The Labute approximate surface area is 431 Å². The molecule has 0 aromatic carbocycles. The van der Waals surface area contributed by atoms with Crippen molar-refractivity contribution >= 4 is 5.97 Å². The van der Waals surface area contributed by atoms with Gasteiger partial charge in [0.15, 0.2) is 0 Å². The van der Waals surface area contributed by atoms with Crippen molar-refractivity contribution in [2.75, 3.05) is 33.9 Å². The van der Waals surface area contributed by atoms with Gasteiger partial charge in [-0.1, -0.05) is 222 Å². The van der Waals surface area contributed by atoms with Crippen LogP contribution >= 0.6 is 0 Å². The van der Waals surface area contributed by atoms with E-state index in [-0.39, 0.29) is 12.1 Å². The summed E-state index contributed by atoms with van der Waals surface area (Å²) in [6.07, 6.45) is 74.7. The van der Waals surface area contributed by atoms with Crippen LogP contribution in [-0.2, 0) is 14.3 Å². The summed E-state index contributed by atoms with van der Waals surface area (Å²) < 4.78 is 12.5. The molecule has 5 nitrogen and oxygen atoms in total. The number of ether oxygens (including phenoxy) is 2. The fourth-order valence-corrected chi connectivity index (χ4v) is 9.00. The van der Waals surface area contributed by atoms with Crippen molar-refractivity contribution in [1.29, 1.82) is 0 Å². The number of carbonyl (C=O) groups excluding carboxylic acids is 1. The van der Waals surface area contributed by atoms with Gasteiger partial charge in [-0.3, -0.25) is 4.79 Å². The first kappa shape index (κ1) is 66.8. The second kappa shape index (κ2) is 55.1. The van der Waals surface area contributed by atoms with Crippen LogP contribution < -0.4 is 0 Å². The molecule has 5 heteroatoms. The topological polar surface area (TPSA) is 59.0 Å². The van der Waals surface area contributed by atoms with E-state index < -0.39 is 5.60 Å². The molecule has 0 aliphatic heterocycles. The Kier molecular flexibility index (Phi) is 53.3. The van der Waals surface area contributed by atoms with Gasteiger partial charge in [-0.2, -0.15) is 0 Å². The fraction of sp³-hybridized carbons (Fsp3) is 0.797. The smallest absolute Gasteiger partial charge is 0.305 e. The lowest BCUT2D eigenvalue weighted by Crippen LogP contribution is -2.45. The van der Waals surface area contributed by atoms with Gasteiger partial charge in [0.1, 0.15) is 0 Å². The quantitative estimate of drug-likeness (QED) is 0.0374. The summed E-state index contributed by atoms with van der Waals surface area (Å²) >= 11 is 0. The third kappa shape index (κ3) is 50.5. The Bertz CT molecular complexity index is 1180. The Balaban J connectivity index is 5.17. The van der Waals surface area contributed by atoms with Gasteiger partial charge >= 0.3 is 5.97 Å². The molecule has 0 amide bonds. The Morgan fingerprint density at radius 3 is 1.13 bits per heavy atom. The molecule has 0 radical (unpaired) electrons. The maximum atomic E-state index is 12.7. The molecule has 0 aliphatic rings. The van der Waals surface area contributed by atoms with E-state index in [9.17, 15) is 9.90 Å². The minimum atomic E-state index is -0.903. The van der Waals surface area contributed by atoms with E-state index in [0.717, 1.165) is 83.6 Å². The Morgan fingerprint density at radius 1 is 0.435 bits per heavy atom. The molecule has 0 aromatic rings. The van der Waals surface area contributed by atoms with Crippen LogP contribution in [0, 0.1) is 0 Å². The van der Waals surface area contributed by atoms with Crippen LogP contribution in [0.4, 0.5) is 0 Å². The first-order chi connectivity index (χ1) is 33.9. The largest absolute Gasteiger partial charge is 0.466 e. The van der Waals surface area contributed by atoms with E-state index in [1.54, 1.807) is 0 Å². The van der Waals surface area contributed by atoms with Gasteiger partial charge in [0.25, 0.3) is 0 Å². The Hall–Kier alpha value is -2.21.